The predicted molar refractivity (Wildman–Crippen MR) is 77.1 cm³/mol. The van der Waals surface area contributed by atoms with E-state index < -0.39 is 0 Å². The minimum absolute atomic E-state index is 0.302. The summed E-state index contributed by atoms with van der Waals surface area (Å²) in [6.45, 7) is 4.94. The number of fused-ring (bicyclic) bond motifs is 1. The monoisotopic (exact) mass is 271 g/mol. The second-order valence-electron chi connectivity index (χ2n) is 4.62. The molecule has 0 saturated carbocycles. The Kier molecular flexibility index (Phi) is 4.91. The van der Waals surface area contributed by atoms with Gasteiger partial charge in [0, 0.05) is 15.5 Å². The van der Waals surface area contributed by atoms with E-state index >= 15 is 0 Å². The fourth-order valence-electron chi connectivity index (χ4n) is 1.94. The lowest BCUT2D eigenvalue weighted by Crippen LogP contribution is -2.22. The van der Waals surface area contributed by atoms with E-state index in [2.05, 4.69) is 25.2 Å². The van der Waals surface area contributed by atoms with E-state index in [0.717, 1.165) is 6.61 Å². The van der Waals surface area contributed by atoms with Crippen molar-refractivity contribution in [3.8, 4) is 0 Å². The number of hydrogen-bond acceptors (Lipinski definition) is 4. The van der Waals surface area contributed by atoms with Gasteiger partial charge in [0.25, 0.3) is 0 Å². The third-order valence-electron chi connectivity index (χ3n) is 2.93. The van der Waals surface area contributed by atoms with Crippen LogP contribution in [0.15, 0.2) is 6.07 Å². The highest BCUT2D eigenvalue weighted by Crippen LogP contribution is 2.34. The SMILES string of the molecule is CNC(COC(C)C)c1cc2c(s1)CCSC2. The van der Waals surface area contributed by atoms with Crippen molar-refractivity contribution in [1.82, 2.24) is 5.32 Å². The van der Waals surface area contributed by atoms with Crippen LogP contribution >= 0.6 is 23.1 Å². The van der Waals surface area contributed by atoms with Crippen LogP contribution in [0.2, 0.25) is 0 Å². The molecular formula is C13H21NOS2. The molecule has 4 heteroatoms. The third-order valence-corrected chi connectivity index (χ3v) is 5.29. The van der Waals surface area contributed by atoms with E-state index in [4.69, 9.17) is 4.74 Å². The minimum atomic E-state index is 0.302. The molecule has 1 N–H and O–H groups in total. The molecule has 0 aliphatic carbocycles. The van der Waals surface area contributed by atoms with Crippen LogP contribution < -0.4 is 5.32 Å². The van der Waals surface area contributed by atoms with Gasteiger partial charge in [-0.2, -0.15) is 11.8 Å². The zero-order valence-electron chi connectivity index (χ0n) is 10.8. The van der Waals surface area contributed by atoms with Crippen LogP contribution in [0.25, 0.3) is 0 Å². The Hall–Kier alpha value is -0.0300. The van der Waals surface area contributed by atoms with Crippen LogP contribution in [-0.4, -0.2) is 25.5 Å². The predicted octanol–water partition coefficient (Wildman–Crippen LogP) is 3.22. The van der Waals surface area contributed by atoms with Gasteiger partial charge in [0.2, 0.25) is 0 Å². The van der Waals surface area contributed by atoms with Crippen molar-refractivity contribution < 1.29 is 4.74 Å². The molecule has 0 amide bonds. The van der Waals surface area contributed by atoms with Crippen molar-refractivity contribution in [2.75, 3.05) is 19.4 Å². The zero-order chi connectivity index (χ0) is 12.3. The van der Waals surface area contributed by atoms with Crippen LogP contribution in [-0.2, 0) is 16.9 Å². The molecule has 0 spiro atoms. The number of hydrogen-bond donors (Lipinski definition) is 1. The van der Waals surface area contributed by atoms with Gasteiger partial charge in [-0.3, -0.25) is 0 Å². The molecule has 2 nitrogen and oxygen atoms in total. The van der Waals surface area contributed by atoms with E-state index in [1.807, 2.05) is 30.1 Å². The Morgan fingerprint density at radius 1 is 1.47 bits per heavy atom. The van der Waals surface area contributed by atoms with Crippen molar-refractivity contribution in [1.29, 1.82) is 0 Å². The summed E-state index contributed by atoms with van der Waals surface area (Å²) in [5, 5.41) is 3.36. The Morgan fingerprint density at radius 2 is 2.29 bits per heavy atom. The van der Waals surface area contributed by atoms with E-state index in [-0.39, 0.29) is 0 Å². The summed E-state index contributed by atoms with van der Waals surface area (Å²) in [4.78, 5) is 3.02. The number of aryl methyl sites for hydroxylation is 1. The van der Waals surface area contributed by atoms with Crippen LogP contribution in [0, 0.1) is 0 Å². The van der Waals surface area contributed by atoms with E-state index in [1.165, 1.54) is 22.8 Å². The Morgan fingerprint density at radius 3 is 2.94 bits per heavy atom. The molecule has 0 radical (unpaired) electrons. The molecule has 1 aliphatic rings. The van der Waals surface area contributed by atoms with Gasteiger partial charge in [0.15, 0.2) is 0 Å². The number of likely N-dealkylation sites (N-methyl/N-ethyl adjacent to an activating group) is 1. The molecule has 17 heavy (non-hydrogen) atoms. The summed E-state index contributed by atoms with van der Waals surface area (Å²) < 4.78 is 5.72. The molecule has 1 unspecified atom stereocenters. The molecule has 0 saturated heterocycles. The molecule has 2 heterocycles. The van der Waals surface area contributed by atoms with E-state index in [9.17, 15) is 0 Å². The van der Waals surface area contributed by atoms with Gasteiger partial charge >= 0.3 is 0 Å². The fraction of sp³-hybridized carbons (Fsp3) is 0.692. The minimum Gasteiger partial charge on any atom is -0.377 e. The van der Waals surface area contributed by atoms with E-state index in [0.29, 0.717) is 12.1 Å². The lowest BCUT2D eigenvalue weighted by molar-refractivity contribution is 0.0632. The third kappa shape index (κ3) is 3.47. The normalized spacial score (nSPS) is 17.2. The zero-order valence-corrected chi connectivity index (χ0v) is 12.4. The average molecular weight is 271 g/mol. The molecule has 1 aromatic heterocycles. The Labute approximate surface area is 112 Å². The van der Waals surface area contributed by atoms with Gasteiger partial charge in [-0.1, -0.05) is 0 Å². The molecular weight excluding hydrogens is 250 g/mol. The van der Waals surface area contributed by atoms with Crippen molar-refractivity contribution in [3.05, 3.63) is 21.4 Å². The van der Waals surface area contributed by atoms with Gasteiger partial charge in [0.1, 0.15) is 0 Å². The summed E-state index contributed by atoms with van der Waals surface area (Å²) in [7, 11) is 2.02. The molecule has 0 aromatic carbocycles. The summed E-state index contributed by atoms with van der Waals surface area (Å²) >= 11 is 4.01. The highest BCUT2D eigenvalue weighted by molar-refractivity contribution is 7.98. The van der Waals surface area contributed by atoms with Gasteiger partial charge in [-0.15, -0.1) is 11.3 Å². The van der Waals surface area contributed by atoms with Crippen LogP contribution in [0.3, 0.4) is 0 Å². The van der Waals surface area contributed by atoms with Crippen LogP contribution in [0.1, 0.15) is 35.2 Å². The molecule has 96 valence electrons. The molecule has 0 fully saturated rings. The van der Waals surface area contributed by atoms with E-state index in [1.54, 1.807) is 10.4 Å². The van der Waals surface area contributed by atoms with Gasteiger partial charge in [0.05, 0.1) is 18.8 Å². The molecule has 2 rings (SSSR count). The first-order chi connectivity index (χ1) is 8.20. The lowest BCUT2D eigenvalue weighted by atomic mass is 10.2. The molecule has 1 aliphatic heterocycles. The topological polar surface area (TPSA) is 21.3 Å². The highest BCUT2D eigenvalue weighted by atomic mass is 32.2. The summed E-state index contributed by atoms with van der Waals surface area (Å²) in [6, 6.07) is 2.72. The lowest BCUT2D eigenvalue weighted by Gasteiger charge is -2.16. The van der Waals surface area contributed by atoms with Crippen molar-refractivity contribution in [2.45, 2.75) is 38.2 Å². The van der Waals surface area contributed by atoms with Crippen molar-refractivity contribution >= 4 is 23.1 Å². The molecule has 1 atom stereocenters. The van der Waals surface area contributed by atoms with Gasteiger partial charge < -0.3 is 10.1 Å². The van der Waals surface area contributed by atoms with Crippen LogP contribution in [0.5, 0.6) is 0 Å². The first kappa shape index (κ1) is 13.4. The second kappa shape index (κ2) is 6.23. The smallest absolute Gasteiger partial charge is 0.0672 e. The maximum atomic E-state index is 5.72. The van der Waals surface area contributed by atoms with Gasteiger partial charge in [-0.25, -0.2) is 0 Å². The largest absolute Gasteiger partial charge is 0.377 e. The second-order valence-corrected chi connectivity index (χ2v) is 6.90. The number of ether oxygens (including phenoxy) is 1. The van der Waals surface area contributed by atoms with Crippen LogP contribution in [0.4, 0.5) is 0 Å². The first-order valence-corrected chi connectivity index (χ1v) is 8.16. The summed E-state index contributed by atoms with van der Waals surface area (Å²) in [5.41, 5.74) is 1.55. The number of nitrogens with one attached hydrogen (secondary N) is 1. The van der Waals surface area contributed by atoms with Crippen molar-refractivity contribution in [3.63, 3.8) is 0 Å². The van der Waals surface area contributed by atoms with Gasteiger partial charge in [-0.05, 0) is 44.7 Å². The van der Waals surface area contributed by atoms with Crippen molar-refractivity contribution in [2.24, 2.45) is 0 Å². The molecule has 0 bridgehead atoms. The Bertz CT molecular complexity index is 339. The number of rotatable bonds is 5. The average Bonchev–Trinajstić information content (AvgIpc) is 2.72. The number of thioether (sulfide) groups is 1. The quantitative estimate of drug-likeness (QED) is 0.888. The summed E-state index contributed by atoms with van der Waals surface area (Å²) in [5.74, 6) is 2.47. The first-order valence-electron chi connectivity index (χ1n) is 6.18. The Balaban J connectivity index is 2.05. The highest BCUT2D eigenvalue weighted by Gasteiger charge is 2.18. The summed E-state index contributed by atoms with van der Waals surface area (Å²) in [6.07, 6.45) is 1.54. The number of thiophene rings is 1. The maximum absolute atomic E-state index is 5.72. The fourth-order valence-corrected chi connectivity index (χ4v) is 4.41. The molecule has 1 aromatic rings. The maximum Gasteiger partial charge on any atom is 0.0672 e. The standard InChI is InChI=1S/C13H21NOS2/c1-9(2)15-7-11(14-3)13-6-10-8-16-5-4-12(10)17-13/h6,9,11,14H,4-5,7-8H2,1-3H3.